The van der Waals surface area contributed by atoms with Crippen LogP contribution in [-0.4, -0.2) is 32.4 Å². The van der Waals surface area contributed by atoms with Crippen molar-refractivity contribution in [3.8, 4) is 67.8 Å². The average Bonchev–Trinajstić information content (AvgIpc) is 3.28. The molecule has 2 atom stereocenters. The first-order valence-electron chi connectivity index (χ1n) is 23.1. The van der Waals surface area contributed by atoms with Gasteiger partial charge in [0.2, 0.25) is 0 Å². The van der Waals surface area contributed by atoms with Crippen molar-refractivity contribution in [1.82, 2.24) is 9.97 Å². The van der Waals surface area contributed by atoms with Crippen LogP contribution in [0.4, 0.5) is 0 Å². The van der Waals surface area contributed by atoms with Crippen LogP contribution in [0.1, 0.15) is 116 Å². The van der Waals surface area contributed by atoms with Gasteiger partial charge >= 0.3 is 0 Å². The van der Waals surface area contributed by atoms with E-state index in [0.29, 0.717) is 29.3 Å². The number of para-hydroxylation sites is 2. The molecule has 312 valence electrons. The van der Waals surface area contributed by atoms with Gasteiger partial charge in [0.1, 0.15) is 34.4 Å². The number of hydrogen-bond acceptors (Lipinski definition) is 6. The van der Waals surface area contributed by atoms with Crippen molar-refractivity contribution < 1.29 is 19.7 Å². The zero-order chi connectivity index (χ0) is 41.5. The predicted octanol–water partition coefficient (Wildman–Crippen LogP) is 12.7. The van der Waals surface area contributed by atoms with Gasteiger partial charge in [-0.3, -0.25) is 9.97 Å². The van der Waals surface area contributed by atoms with Crippen molar-refractivity contribution in [2.45, 2.75) is 135 Å². The molecule has 4 aromatic carbocycles. The highest BCUT2D eigenvalue weighted by Crippen LogP contribution is 2.48. The number of benzene rings is 4. The van der Waals surface area contributed by atoms with Gasteiger partial charge in [0.05, 0.1) is 12.2 Å². The lowest BCUT2D eigenvalue weighted by molar-refractivity contribution is 0.131. The van der Waals surface area contributed by atoms with Gasteiger partial charge in [-0.1, -0.05) is 48.5 Å². The van der Waals surface area contributed by atoms with Crippen molar-refractivity contribution in [2.75, 3.05) is 0 Å². The molecule has 2 heterocycles. The Morgan fingerprint density at radius 2 is 0.803 bits per heavy atom. The second kappa shape index (κ2) is 17.0. The normalized spacial score (nSPS) is 16.7. The van der Waals surface area contributed by atoms with E-state index in [9.17, 15) is 10.2 Å². The predicted molar refractivity (Wildman–Crippen MR) is 245 cm³/mol. The van der Waals surface area contributed by atoms with E-state index >= 15 is 0 Å². The van der Waals surface area contributed by atoms with Gasteiger partial charge in [0.15, 0.2) is 0 Å². The number of aromatic hydroxyl groups is 2. The molecule has 0 saturated carbocycles. The quantitative estimate of drug-likeness (QED) is 0.143. The van der Waals surface area contributed by atoms with Crippen LogP contribution >= 0.6 is 0 Å². The molecular weight excluding hydrogens is 753 g/mol. The molecule has 0 amide bonds. The first kappa shape index (κ1) is 39.5. The number of fused-ring (bicyclic) bond motifs is 4. The van der Waals surface area contributed by atoms with Crippen molar-refractivity contribution in [3.05, 3.63) is 130 Å². The molecule has 6 aromatic rings. The van der Waals surface area contributed by atoms with Gasteiger partial charge in [-0.05, 0) is 185 Å². The van der Waals surface area contributed by atoms with Crippen LogP contribution in [0.3, 0.4) is 0 Å². The third-order valence-electron chi connectivity index (χ3n) is 13.9. The van der Waals surface area contributed by atoms with Crippen LogP contribution in [0.5, 0.6) is 23.0 Å². The molecule has 2 N–H and O–H groups in total. The summed E-state index contributed by atoms with van der Waals surface area (Å²) in [5.74, 6) is 1.88. The van der Waals surface area contributed by atoms with E-state index in [2.05, 4.69) is 26.0 Å². The minimum absolute atomic E-state index is 0.198. The van der Waals surface area contributed by atoms with Crippen LogP contribution in [0, 0.1) is 0 Å². The highest BCUT2D eigenvalue weighted by molar-refractivity contribution is 5.87. The number of aryl methyl sites for hydroxylation is 4. The Kier molecular flexibility index (Phi) is 11.0. The van der Waals surface area contributed by atoms with E-state index in [0.717, 1.165) is 73.6 Å². The molecule has 0 spiro atoms. The number of aromatic nitrogens is 2. The van der Waals surface area contributed by atoms with E-state index in [1.54, 1.807) is 0 Å². The van der Waals surface area contributed by atoms with Gasteiger partial charge in [-0.15, -0.1) is 0 Å². The molecule has 6 heteroatoms. The molecule has 4 aliphatic carbocycles. The van der Waals surface area contributed by atoms with Gasteiger partial charge in [-0.25, -0.2) is 0 Å². The fourth-order valence-electron chi connectivity index (χ4n) is 11.1. The Hall–Kier alpha value is -5.62. The van der Waals surface area contributed by atoms with Crippen LogP contribution in [0.25, 0.3) is 44.8 Å². The van der Waals surface area contributed by atoms with Crippen LogP contribution in [0.2, 0.25) is 0 Å². The van der Waals surface area contributed by atoms with Crippen molar-refractivity contribution in [2.24, 2.45) is 0 Å². The highest BCUT2D eigenvalue weighted by Gasteiger charge is 2.29. The Bertz CT molecular complexity index is 2360. The Morgan fingerprint density at radius 1 is 0.459 bits per heavy atom. The third-order valence-corrected chi connectivity index (χ3v) is 13.9. The maximum absolute atomic E-state index is 12.1. The molecule has 4 aliphatic rings. The number of ether oxygens (including phenoxy) is 2. The second-order valence-electron chi connectivity index (χ2n) is 18.1. The summed E-state index contributed by atoms with van der Waals surface area (Å²) >= 11 is 0. The molecule has 10 rings (SSSR count). The van der Waals surface area contributed by atoms with E-state index < -0.39 is 0 Å². The summed E-state index contributed by atoms with van der Waals surface area (Å²) in [6.45, 7) is 4.15. The lowest BCUT2D eigenvalue weighted by Gasteiger charge is -2.28. The SMILES string of the molecule is CC(CC(C)Oc1ccccc1-c1ccnc(-c2c3c(cc4c2CCCC4)CCCC3)c1O)Oc1ccccc1-c1ccnc(-c2c3c(cc4c2CCCC4)CCCC3)c1O. The van der Waals surface area contributed by atoms with E-state index in [1.807, 2.05) is 73.1 Å². The third kappa shape index (κ3) is 7.57. The van der Waals surface area contributed by atoms with Gasteiger partial charge in [0, 0.05) is 52.2 Å². The monoisotopic (exact) mass is 810 g/mol. The molecule has 0 bridgehead atoms. The van der Waals surface area contributed by atoms with Crippen molar-refractivity contribution in [1.29, 1.82) is 0 Å². The first-order chi connectivity index (χ1) is 29.9. The molecule has 0 aliphatic heterocycles. The number of hydrogen-bond donors (Lipinski definition) is 2. The standard InChI is InChI=1S/C55H58N2O4/c1-34(60-48-25-13-11-23-44(48)46-27-29-56-52(54(46)58)50-40-19-7-3-15-36(40)32-37-16-4-8-20-41(37)50)31-35(2)61-49-26-14-12-24-45(49)47-28-30-57-53(55(47)59)51-42-21-9-5-17-38(42)33-39-18-6-10-22-43(39)51/h11-14,23-30,32-35,58-59H,3-10,15-22,31H2,1-2H3. The Morgan fingerprint density at radius 3 is 1.18 bits per heavy atom. The molecular formula is C55H58N2O4. The largest absolute Gasteiger partial charge is 0.505 e. The zero-order valence-electron chi connectivity index (χ0n) is 35.9. The summed E-state index contributed by atoms with van der Waals surface area (Å²) in [5, 5.41) is 24.3. The summed E-state index contributed by atoms with van der Waals surface area (Å²) in [7, 11) is 0. The fraction of sp³-hybridized carbons (Fsp3) is 0.382. The van der Waals surface area contributed by atoms with Crippen LogP contribution in [0.15, 0.2) is 85.2 Å². The second-order valence-corrected chi connectivity index (χ2v) is 18.1. The van der Waals surface area contributed by atoms with E-state index in [-0.39, 0.29) is 23.7 Å². The zero-order valence-corrected chi connectivity index (χ0v) is 35.9. The summed E-state index contributed by atoms with van der Waals surface area (Å²) in [6, 6.07) is 24.8. The fourth-order valence-corrected chi connectivity index (χ4v) is 11.1. The molecule has 0 fully saturated rings. The van der Waals surface area contributed by atoms with Gasteiger partial charge in [-0.2, -0.15) is 0 Å². The minimum atomic E-state index is -0.198. The van der Waals surface area contributed by atoms with Gasteiger partial charge in [0.25, 0.3) is 0 Å². The van der Waals surface area contributed by atoms with Crippen LogP contribution in [-0.2, 0) is 51.4 Å². The summed E-state index contributed by atoms with van der Waals surface area (Å²) < 4.78 is 13.4. The minimum Gasteiger partial charge on any atom is -0.505 e. The molecule has 0 radical (unpaired) electrons. The highest BCUT2D eigenvalue weighted by atomic mass is 16.5. The van der Waals surface area contributed by atoms with Gasteiger partial charge < -0.3 is 19.7 Å². The molecule has 0 saturated heterocycles. The Labute approximate surface area is 361 Å². The molecule has 2 unspecified atom stereocenters. The topological polar surface area (TPSA) is 84.7 Å². The lowest BCUT2D eigenvalue weighted by Crippen LogP contribution is -2.23. The summed E-state index contributed by atoms with van der Waals surface area (Å²) in [6.07, 6.45) is 22.0. The smallest absolute Gasteiger partial charge is 0.149 e. The molecule has 2 aromatic heterocycles. The van der Waals surface area contributed by atoms with Crippen molar-refractivity contribution in [3.63, 3.8) is 0 Å². The molecule has 6 nitrogen and oxygen atoms in total. The average molecular weight is 811 g/mol. The summed E-state index contributed by atoms with van der Waals surface area (Å²) in [5.41, 5.74) is 18.2. The van der Waals surface area contributed by atoms with Crippen molar-refractivity contribution >= 4 is 0 Å². The van der Waals surface area contributed by atoms with Crippen LogP contribution < -0.4 is 9.47 Å². The first-order valence-corrected chi connectivity index (χ1v) is 23.1. The maximum Gasteiger partial charge on any atom is 0.149 e. The van der Waals surface area contributed by atoms with E-state index in [4.69, 9.17) is 19.4 Å². The molecule has 61 heavy (non-hydrogen) atoms. The number of nitrogens with zero attached hydrogens (tertiary/aromatic N) is 2. The van der Waals surface area contributed by atoms with E-state index in [1.165, 1.54) is 107 Å². The number of pyridine rings is 2. The maximum atomic E-state index is 12.1. The number of rotatable bonds is 10. The Balaban J connectivity index is 0.903. The summed E-state index contributed by atoms with van der Waals surface area (Å²) in [4.78, 5) is 9.77. The lowest BCUT2D eigenvalue weighted by atomic mass is 9.78.